The van der Waals surface area contributed by atoms with Crippen LogP contribution < -0.4 is 10.6 Å². The lowest BCUT2D eigenvalue weighted by Gasteiger charge is -2.10. The number of halogens is 1. The SMILES string of the molecule is CCNC(=NCc1ncc(C)s1)NCCCc1nc(C)cs1.I. The summed E-state index contributed by atoms with van der Waals surface area (Å²) in [6.45, 7) is 8.54. The van der Waals surface area contributed by atoms with Crippen molar-refractivity contribution in [2.24, 2.45) is 4.99 Å². The maximum absolute atomic E-state index is 4.58. The van der Waals surface area contributed by atoms with Gasteiger partial charge in [-0.05, 0) is 27.2 Å². The molecule has 2 aromatic rings. The van der Waals surface area contributed by atoms with Crippen LogP contribution in [0.2, 0.25) is 0 Å². The summed E-state index contributed by atoms with van der Waals surface area (Å²) in [5.74, 6) is 0.852. The molecular weight excluding hydrogens is 441 g/mol. The molecule has 0 aliphatic rings. The van der Waals surface area contributed by atoms with Gasteiger partial charge in [-0.25, -0.2) is 15.0 Å². The molecule has 0 fully saturated rings. The van der Waals surface area contributed by atoms with E-state index in [0.717, 1.165) is 42.6 Å². The summed E-state index contributed by atoms with van der Waals surface area (Å²) < 4.78 is 0. The van der Waals surface area contributed by atoms with E-state index in [2.05, 4.69) is 44.8 Å². The lowest BCUT2D eigenvalue weighted by atomic mass is 10.3. The van der Waals surface area contributed by atoms with Crippen LogP contribution in [0.15, 0.2) is 16.6 Å². The highest BCUT2D eigenvalue weighted by Gasteiger charge is 2.02. The topological polar surface area (TPSA) is 62.2 Å². The van der Waals surface area contributed by atoms with Gasteiger partial charge in [-0.15, -0.1) is 46.7 Å². The van der Waals surface area contributed by atoms with Gasteiger partial charge in [0.15, 0.2) is 5.96 Å². The van der Waals surface area contributed by atoms with Crippen LogP contribution in [0, 0.1) is 13.8 Å². The van der Waals surface area contributed by atoms with Gasteiger partial charge < -0.3 is 10.6 Å². The Labute approximate surface area is 163 Å². The lowest BCUT2D eigenvalue weighted by Crippen LogP contribution is -2.37. The van der Waals surface area contributed by atoms with Crippen molar-refractivity contribution in [3.8, 4) is 0 Å². The second-order valence-corrected chi connectivity index (χ2v) is 7.23. The minimum atomic E-state index is 0. The van der Waals surface area contributed by atoms with Gasteiger partial charge in [0.25, 0.3) is 0 Å². The summed E-state index contributed by atoms with van der Waals surface area (Å²) in [4.78, 5) is 14.6. The number of nitrogens with zero attached hydrogens (tertiary/aromatic N) is 3. The van der Waals surface area contributed by atoms with Crippen LogP contribution in [-0.2, 0) is 13.0 Å². The Hall–Kier alpha value is -0.740. The molecule has 5 nitrogen and oxygen atoms in total. The zero-order chi connectivity index (χ0) is 15.8. The van der Waals surface area contributed by atoms with Crippen LogP contribution in [0.5, 0.6) is 0 Å². The molecule has 0 spiro atoms. The Kier molecular flexibility index (Phi) is 9.65. The number of aromatic nitrogens is 2. The average molecular weight is 465 g/mol. The van der Waals surface area contributed by atoms with E-state index in [4.69, 9.17) is 0 Å². The molecule has 128 valence electrons. The number of hydrogen-bond donors (Lipinski definition) is 2. The van der Waals surface area contributed by atoms with E-state index in [1.165, 1.54) is 9.88 Å². The molecule has 0 radical (unpaired) electrons. The Morgan fingerprint density at radius 3 is 2.70 bits per heavy atom. The fourth-order valence-electron chi connectivity index (χ4n) is 1.93. The molecule has 2 heterocycles. The van der Waals surface area contributed by atoms with Crippen molar-refractivity contribution in [1.82, 2.24) is 20.6 Å². The molecule has 0 aliphatic carbocycles. The van der Waals surface area contributed by atoms with Gasteiger partial charge in [0.05, 0.1) is 11.6 Å². The predicted molar refractivity (Wildman–Crippen MR) is 110 cm³/mol. The van der Waals surface area contributed by atoms with Crippen molar-refractivity contribution in [2.75, 3.05) is 13.1 Å². The van der Waals surface area contributed by atoms with E-state index in [9.17, 15) is 0 Å². The molecule has 0 saturated heterocycles. The van der Waals surface area contributed by atoms with Crippen molar-refractivity contribution >= 4 is 52.6 Å². The van der Waals surface area contributed by atoms with Gasteiger partial charge >= 0.3 is 0 Å². The first kappa shape index (κ1) is 20.3. The highest BCUT2D eigenvalue weighted by atomic mass is 127. The van der Waals surface area contributed by atoms with Gasteiger partial charge in [0.1, 0.15) is 5.01 Å². The first-order valence-electron chi connectivity index (χ1n) is 7.52. The fourth-order valence-corrected chi connectivity index (χ4v) is 3.46. The molecule has 0 aliphatic heterocycles. The second-order valence-electron chi connectivity index (χ2n) is 4.97. The third-order valence-electron chi connectivity index (χ3n) is 2.91. The van der Waals surface area contributed by atoms with Gasteiger partial charge in [-0.3, -0.25) is 0 Å². The van der Waals surface area contributed by atoms with Gasteiger partial charge in [-0.2, -0.15) is 0 Å². The summed E-state index contributed by atoms with van der Waals surface area (Å²) >= 11 is 3.43. The van der Waals surface area contributed by atoms with E-state index in [1.54, 1.807) is 22.7 Å². The van der Waals surface area contributed by atoms with Crippen molar-refractivity contribution in [3.05, 3.63) is 32.2 Å². The zero-order valence-corrected chi connectivity index (χ0v) is 17.7. The molecule has 2 aromatic heterocycles. The number of guanidine groups is 1. The first-order valence-corrected chi connectivity index (χ1v) is 9.21. The number of aryl methyl sites for hydroxylation is 3. The minimum absolute atomic E-state index is 0. The molecule has 2 rings (SSSR count). The maximum Gasteiger partial charge on any atom is 0.191 e. The third-order valence-corrected chi connectivity index (χ3v) is 4.84. The van der Waals surface area contributed by atoms with Gasteiger partial charge in [0.2, 0.25) is 0 Å². The number of thiazole rings is 2. The molecule has 0 atom stereocenters. The molecule has 23 heavy (non-hydrogen) atoms. The molecule has 0 bridgehead atoms. The first-order chi connectivity index (χ1) is 10.7. The van der Waals surface area contributed by atoms with Crippen LogP contribution in [0.1, 0.15) is 33.9 Å². The lowest BCUT2D eigenvalue weighted by molar-refractivity contribution is 0.740. The maximum atomic E-state index is 4.58. The normalized spacial score (nSPS) is 11.2. The predicted octanol–water partition coefficient (Wildman–Crippen LogP) is 3.52. The number of nitrogens with one attached hydrogen (secondary N) is 2. The molecule has 0 unspecified atom stereocenters. The standard InChI is InChI=1S/C15H23N5S2.HI/c1-4-16-15(19-9-14-18-8-12(3)22-14)17-7-5-6-13-20-11(2)10-21-13;/h8,10H,4-7,9H2,1-3H3,(H2,16,17,19);1H. The third kappa shape index (κ3) is 7.58. The minimum Gasteiger partial charge on any atom is -0.357 e. The Morgan fingerprint density at radius 1 is 1.26 bits per heavy atom. The Bertz CT molecular complexity index is 609. The average Bonchev–Trinajstić information content (AvgIpc) is 3.09. The van der Waals surface area contributed by atoms with Crippen molar-refractivity contribution in [1.29, 1.82) is 0 Å². The van der Waals surface area contributed by atoms with E-state index in [1.807, 2.05) is 13.1 Å². The zero-order valence-electron chi connectivity index (χ0n) is 13.8. The molecule has 0 saturated carbocycles. The van der Waals surface area contributed by atoms with E-state index < -0.39 is 0 Å². The molecule has 2 N–H and O–H groups in total. The molecular formula is C15H24IN5S2. The van der Waals surface area contributed by atoms with Crippen LogP contribution in [0.4, 0.5) is 0 Å². The van der Waals surface area contributed by atoms with Crippen LogP contribution in [0.3, 0.4) is 0 Å². The molecule has 0 amide bonds. The second kappa shape index (κ2) is 10.9. The van der Waals surface area contributed by atoms with E-state index in [0.29, 0.717) is 6.54 Å². The summed E-state index contributed by atoms with van der Waals surface area (Å²) in [7, 11) is 0. The van der Waals surface area contributed by atoms with Crippen molar-refractivity contribution in [2.45, 2.75) is 40.2 Å². The van der Waals surface area contributed by atoms with Crippen LogP contribution >= 0.6 is 46.7 Å². The Morgan fingerprint density at radius 2 is 2.09 bits per heavy atom. The molecule has 8 heteroatoms. The highest BCUT2D eigenvalue weighted by molar-refractivity contribution is 14.0. The number of rotatable bonds is 7. The Balaban J connectivity index is 0.00000264. The largest absolute Gasteiger partial charge is 0.357 e. The van der Waals surface area contributed by atoms with E-state index >= 15 is 0 Å². The van der Waals surface area contributed by atoms with Crippen molar-refractivity contribution in [3.63, 3.8) is 0 Å². The van der Waals surface area contributed by atoms with Crippen molar-refractivity contribution < 1.29 is 0 Å². The summed E-state index contributed by atoms with van der Waals surface area (Å²) in [5.41, 5.74) is 1.11. The van der Waals surface area contributed by atoms with Gasteiger partial charge in [-0.1, -0.05) is 0 Å². The molecule has 0 aromatic carbocycles. The van der Waals surface area contributed by atoms with Crippen LogP contribution in [-0.4, -0.2) is 29.0 Å². The summed E-state index contributed by atoms with van der Waals surface area (Å²) in [6.07, 6.45) is 3.95. The van der Waals surface area contributed by atoms with Gasteiger partial charge in [0, 0.05) is 41.7 Å². The number of aliphatic imine (C=N–C) groups is 1. The monoisotopic (exact) mass is 465 g/mol. The van der Waals surface area contributed by atoms with E-state index in [-0.39, 0.29) is 24.0 Å². The smallest absolute Gasteiger partial charge is 0.191 e. The fraction of sp³-hybridized carbons (Fsp3) is 0.533. The summed E-state index contributed by atoms with van der Waals surface area (Å²) in [5, 5.41) is 11.0. The van der Waals surface area contributed by atoms with Crippen LogP contribution in [0.25, 0.3) is 0 Å². The quantitative estimate of drug-likeness (QED) is 0.284. The highest BCUT2D eigenvalue weighted by Crippen LogP contribution is 2.12. The summed E-state index contributed by atoms with van der Waals surface area (Å²) in [6, 6.07) is 0. The number of hydrogen-bond acceptors (Lipinski definition) is 5.